The van der Waals surface area contributed by atoms with Crippen molar-refractivity contribution in [2.75, 3.05) is 11.9 Å². The van der Waals surface area contributed by atoms with Crippen molar-refractivity contribution in [3.8, 4) is 0 Å². The number of nitrogens with one attached hydrogen (secondary N) is 1. The normalized spacial score (nSPS) is 18.2. The topological polar surface area (TPSA) is 66.5 Å². The van der Waals surface area contributed by atoms with E-state index in [-0.39, 0.29) is 17.0 Å². The van der Waals surface area contributed by atoms with Gasteiger partial charge in [0.25, 0.3) is 0 Å². The Balaban J connectivity index is 1.74. The average molecular weight is 440 g/mol. The van der Waals surface area contributed by atoms with Gasteiger partial charge in [-0.3, -0.25) is 4.79 Å². The molecule has 162 valence electrons. The van der Waals surface area contributed by atoms with Crippen LogP contribution in [0.1, 0.15) is 36.8 Å². The summed E-state index contributed by atoms with van der Waals surface area (Å²) in [5, 5.41) is 2.46. The van der Waals surface area contributed by atoms with Crippen LogP contribution in [0.3, 0.4) is 0 Å². The Morgan fingerprint density at radius 1 is 1.13 bits per heavy atom. The zero-order valence-corrected chi connectivity index (χ0v) is 17.3. The van der Waals surface area contributed by atoms with Gasteiger partial charge in [0.2, 0.25) is 15.9 Å². The van der Waals surface area contributed by atoms with Crippen molar-refractivity contribution < 1.29 is 26.4 Å². The smallest absolute Gasteiger partial charge is 0.326 e. The Kier molecular flexibility index (Phi) is 6.52. The van der Waals surface area contributed by atoms with Crippen LogP contribution >= 0.6 is 0 Å². The highest BCUT2D eigenvalue weighted by molar-refractivity contribution is 7.89. The molecule has 1 fully saturated rings. The largest absolute Gasteiger partial charge is 0.416 e. The molecule has 5 nitrogen and oxygen atoms in total. The third-order valence-electron chi connectivity index (χ3n) is 5.10. The summed E-state index contributed by atoms with van der Waals surface area (Å²) in [6, 6.07) is 10.3. The molecule has 1 amide bonds. The Bertz CT molecular complexity index is 1000. The quantitative estimate of drug-likeness (QED) is 0.740. The Labute approximate surface area is 173 Å². The highest BCUT2D eigenvalue weighted by atomic mass is 32.2. The number of carbonyl (C=O) groups is 1. The lowest BCUT2D eigenvalue weighted by Gasteiger charge is -2.34. The number of nitrogens with zero attached hydrogens (tertiary/aromatic N) is 1. The molecule has 1 atom stereocenters. The molecule has 30 heavy (non-hydrogen) atoms. The van der Waals surface area contributed by atoms with Gasteiger partial charge >= 0.3 is 6.18 Å². The van der Waals surface area contributed by atoms with Crippen LogP contribution in [0.25, 0.3) is 0 Å². The maximum Gasteiger partial charge on any atom is 0.416 e. The molecule has 2 aromatic rings. The van der Waals surface area contributed by atoms with Crippen molar-refractivity contribution in [2.24, 2.45) is 0 Å². The van der Waals surface area contributed by atoms with Crippen molar-refractivity contribution in [2.45, 2.75) is 49.7 Å². The first-order chi connectivity index (χ1) is 14.1. The molecule has 1 saturated heterocycles. The van der Waals surface area contributed by atoms with E-state index in [4.69, 9.17) is 0 Å². The van der Waals surface area contributed by atoms with Crippen LogP contribution in [0.15, 0.2) is 53.4 Å². The number of anilines is 1. The predicted molar refractivity (Wildman–Crippen MR) is 107 cm³/mol. The number of benzene rings is 2. The minimum atomic E-state index is -4.51. The molecule has 0 aliphatic carbocycles. The van der Waals surface area contributed by atoms with Gasteiger partial charge in [-0.2, -0.15) is 17.5 Å². The van der Waals surface area contributed by atoms with Gasteiger partial charge in [-0.1, -0.05) is 30.2 Å². The van der Waals surface area contributed by atoms with Crippen LogP contribution in [-0.4, -0.2) is 31.2 Å². The maximum atomic E-state index is 13.1. The zero-order valence-electron chi connectivity index (χ0n) is 16.4. The molecule has 0 bridgehead atoms. The number of hydrogen-bond acceptors (Lipinski definition) is 3. The summed E-state index contributed by atoms with van der Waals surface area (Å²) in [6.07, 6.45) is -2.65. The molecule has 0 saturated carbocycles. The molecule has 1 aliphatic rings. The lowest BCUT2D eigenvalue weighted by Crippen LogP contribution is -2.45. The number of sulfonamides is 1. The fourth-order valence-electron chi connectivity index (χ4n) is 3.54. The maximum absolute atomic E-state index is 13.1. The summed E-state index contributed by atoms with van der Waals surface area (Å²) in [5.41, 5.74) is 0.102. The van der Waals surface area contributed by atoms with E-state index < -0.39 is 33.7 Å². The lowest BCUT2D eigenvalue weighted by atomic mass is 10.0. The average Bonchev–Trinajstić information content (AvgIpc) is 2.68. The number of halogens is 3. The Morgan fingerprint density at radius 2 is 1.83 bits per heavy atom. The fraction of sp³-hybridized carbons (Fsp3) is 0.381. The second-order valence-corrected chi connectivity index (χ2v) is 9.30. The van der Waals surface area contributed by atoms with Gasteiger partial charge in [0.1, 0.15) is 0 Å². The van der Waals surface area contributed by atoms with Crippen molar-refractivity contribution in [3.05, 3.63) is 59.7 Å². The van der Waals surface area contributed by atoms with Crippen LogP contribution in [0, 0.1) is 6.92 Å². The zero-order chi connectivity index (χ0) is 21.9. The fourth-order valence-corrected chi connectivity index (χ4v) is 5.23. The molecule has 0 radical (unpaired) electrons. The molecule has 0 spiro atoms. The molecule has 0 aromatic heterocycles. The monoisotopic (exact) mass is 440 g/mol. The predicted octanol–water partition coefficient (Wildman–Crippen LogP) is 4.59. The van der Waals surface area contributed by atoms with Crippen LogP contribution in [0.2, 0.25) is 0 Å². The molecular weight excluding hydrogens is 417 g/mol. The lowest BCUT2D eigenvalue weighted by molar-refractivity contribution is -0.137. The first-order valence-electron chi connectivity index (χ1n) is 9.63. The third-order valence-corrected chi connectivity index (χ3v) is 7.06. The summed E-state index contributed by atoms with van der Waals surface area (Å²) in [5.74, 6) is -0.523. The SMILES string of the molecule is Cc1ccc(S(=O)(=O)N2CCCC[C@@H]2CC(=O)Nc2cccc(C(F)(F)F)c2)cc1. The highest BCUT2D eigenvalue weighted by Gasteiger charge is 2.35. The van der Waals surface area contributed by atoms with Gasteiger partial charge in [0, 0.05) is 24.7 Å². The molecule has 1 aliphatic heterocycles. The summed E-state index contributed by atoms with van der Waals surface area (Å²) < 4.78 is 66.1. The highest BCUT2D eigenvalue weighted by Crippen LogP contribution is 2.31. The van der Waals surface area contributed by atoms with Gasteiger partial charge in [-0.25, -0.2) is 8.42 Å². The van der Waals surface area contributed by atoms with Crippen LogP contribution in [0.4, 0.5) is 18.9 Å². The molecule has 9 heteroatoms. The minimum absolute atomic E-state index is 0.0265. The van der Waals surface area contributed by atoms with Crippen LogP contribution < -0.4 is 5.32 Å². The van der Waals surface area contributed by atoms with E-state index in [0.29, 0.717) is 19.4 Å². The van der Waals surface area contributed by atoms with Gasteiger partial charge in [-0.15, -0.1) is 0 Å². The number of piperidine rings is 1. The molecule has 3 rings (SSSR count). The van der Waals surface area contributed by atoms with E-state index >= 15 is 0 Å². The summed E-state index contributed by atoms with van der Waals surface area (Å²) in [4.78, 5) is 12.6. The van der Waals surface area contributed by atoms with Crippen molar-refractivity contribution in [1.82, 2.24) is 4.31 Å². The van der Waals surface area contributed by atoms with Crippen molar-refractivity contribution in [3.63, 3.8) is 0 Å². The van der Waals surface area contributed by atoms with E-state index in [1.807, 2.05) is 6.92 Å². The standard InChI is InChI=1S/C21H23F3N2O3S/c1-15-8-10-19(11-9-15)30(28,29)26-12-3-2-7-18(26)14-20(27)25-17-6-4-5-16(13-17)21(22,23)24/h4-6,8-11,13,18H,2-3,7,12,14H2,1H3,(H,25,27)/t18-/m1/s1. The number of amides is 1. The van der Waals surface area contributed by atoms with Gasteiger partial charge < -0.3 is 5.32 Å². The van der Waals surface area contributed by atoms with Crippen LogP contribution in [-0.2, 0) is 21.0 Å². The van der Waals surface area contributed by atoms with Crippen molar-refractivity contribution in [1.29, 1.82) is 0 Å². The molecule has 0 unspecified atom stereocenters. The van der Waals surface area contributed by atoms with Gasteiger partial charge in [-0.05, 0) is 50.1 Å². The molecule has 2 aromatic carbocycles. The number of alkyl halides is 3. The van der Waals surface area contributed by atoms with Gasteiger partial charge in [0.05, 0.1) is 10.5 Å². The van der Waals surface area contributed by atoms with E-state index in [1.54, 1.807) is 24.3 Å². The third kappa shape index (κ3) is 5.20. The first kappa shape index (κ1) is 22.3. The summed E-state index contributed by atoms with van der Waals surface area (Å²) >= 11 is 0. The minimum Gasteiger partial charge on any atom is -0.326 e. The summed E-state index contributed by atoms with van der Waals surface area (Å²) in [6.45, 7) is 2.16. The number of hydrogen-bond donors (Lipinski definition) is 1. The Morgan fingerprint density at radius 3 is 2.50 bits per heavy atom. The number of aryl methyl sites for hydroxylation is 1. The summed E-state index contributed by atoms with van der Waals surface area (Å²) in [7, 11) is -3.77. The number of carbonyl (C=O) groups excluding carboxylic acids is 1. The number of rotatable bonds is 5. The first-order valence-corrected chi connectivity index (χ1v) is 11.1. The van der Waals surface area contributed by atoms with Gasteiger partial charge in [0.15, 0.2) is 0 Å². The second-order valence-electron chi connectivity index (χ2n) is 7.41. The second kappa shape index (κ2) is 8.77. The van der Waals surface area contributed by atoms with Crippen molar-refractivity contribution >= 4 is 21.6 Å². The van der Waals surface area contributed by atoms with E-state index in [9.17, 15) is 26.4 Å². The van der Waals surface area contributed by atoms with E-state index in [2.05, 4.69) is 5.32 Å². The van der Waals surface area contributed by atoms with E-state index in [0.717, 1.165) is 24.1 Å². The molecular formula is C21H23F3N2O3S. The van der Waals surface area contributed by atoms with E-state index in [1.165, 1.54) is 16.4 Å². The molecule has 1 N–H and O–H groups in total. The molecule has 1 heterocycles. The Hall–Kier alpha value is -2.39. The van der Waals surface area contributed by atoms with Crippen LogP contribution in [0.5, 0.6) is 0 Å².